The Labute approximate surface area is 108 Å². The van der Waals surface area contributed by atoms with Crippen molar-refractivity contribution in [1.29, 1.82) is 0 Å². The van der Waals surface area contributed by atoms with Gasteiger partial charge in [0.2, 0.25) is 5.91 Å². The van der Waals surface area contributed by atoms with E-state index in [1.54, 1.807) is 0 Å². The van der Waals surface area contributed by atoms with E-state index in [1.807, 2.05) is 0 Å². The number of amides is 1. The molecule has 19 heavy (non-hydrogen) atoms. The van der Waals surface area contributed by atoms with Gasteiger partial charge in [0, 0.05) is 17.8 Å². The Balaban J connectivity index is 2.48. The number of hydrogen-bond acceptors (Lipinski definition) is 5. The van der Waals surface area contributed by atoms with Crippen molar-refractivity contribution in [2.75, 3.05) is 11.9 Å². The number of nitro groups is 1. The number of nitrogens with one attached hydrogen (secondary N) is 2. The topological polar surface area (TPSA) is 122 Å². The molecule has 0 unspecified atom stereocenters. The number of non-ortho nitro benzene ring substituents is 1. The van der Waals surface area contributed by atoms with E-state index < -0.39 is 22.8 Å². The van der Waals surface area contributed by atoms with Crippen molar-refractivity contribution in [3.05, 3.63) is 34.4 Å². The molecule has 1 aromatic rings. The summed E-state index contributed by atoms with van der Waals surface area (Å²) in [6.07, 6.45) is 0. The number of carboxylic acids is 1. The van der Waals surface area contributed by atoms with Gasteiger partial charge >= 0.3 is 5.97 Å². The highest BCUT2D eigenvalue weighted by Gasteiger charge is 2.12. The van der Waals surface area contributed by atoms with Crippen LogP contribution < -0.4 is 10.6 Å². The molecule has 0 aliphatic carbocycles. The van der Waals surface area contributed by atoms with Gasteiger partial charge in [0.15, 0.2) is 0 Å². The fourth-order valence-electron chi connectivity index (χ4n) is 1.20. The van der Waals surface area contributed by atoms with Crippen LogP contribution in [0.3, 0.4) is 0 Å². The Bertz CT molecular complexity index is 486. The van der Waals surface area contributed by atoms with Gasteiger partial charge in [-0.25, -0.2) is 0 Å². The van der Waals surface area contributed by atoms with E-state index >= 15 is 0 Å². The first-order chi connectivity index (χ1) is 8.90. The molecule has 0 aliphatic rings. The third-order valence-electron chi connectivity index (χ3n) is 2.30. The van der Waals surface area contributed by atoms with Crippen molar-refractivity contribution >= 4 is 23.3 Å². The van der Waals surface area contributed by atoms with Gasteiger partial charge in [0.1, 0.15) is 6.04 Å². The first-order valence-electron chi connectivity index (χ1n) is 5.40. The van der Waals surface area contributed by atoms with E-state index in [2.05, 4.69) is 10.6 Å². The zero-order chi connectivity index (χ0) is 14.4. The predicted octanol–water partition coefficient (Wildman–Crippen LogP) is 0.596. The summed E-state index contributed by atoms with van der Waals surface area (Å²) in [4.78, 5) is 31.9. The number of aliphatic carboxylic acids is 1. The lowest BCUT2D eigenvalue weighted by Gasteiger charge is -2.09. The normalized spacial score (nSPS) is 11.6. The van der Waals surface area contributed by atoms with Crippen molar-refractivity contribution in [2.24, 2.45) is 0 Å². The highest BCUT2D eigenvalue weighted by atomic mass is 16.6. The fraction of sp³-hybridized carbons (Fsp3) is 0.273. The van der Waals surface area contributed by atoms with Crippen LogP contribution in [0, 0.1) is 10.1 Å². The molecule has 0 fully saturated rings. The average molecular weight is 267 g/mol. The van der Waals surface area contributed by atoms with Crippen LogP contribution in [0.25, 0.3) is 0 Å². The molecular formula is C11H13N3O5. The molecule has 8 nitrogen and oxygen atoms in total. The van der Waals surface area contributed by atoms with Gasteiger partial charge in [-0.3, -0.25) is 25.0 Å². The highest BCUT2D eigenvalue weighted by molar-refractivity contribution is 5.92. The van der Waals surface area contributed by atoms with Gasteiger partial charge in [-0.2, -0.15) is 0 Å². The SMILES string of the molecule is C[C@H](NCC(=O)Nc1ccc([N+](=O)[O-])cc1)C(=O)O. The van der Waals surface area contributed by atoms with Crippen LogP contribution in [0.5, 0.6) is 0 Å². The molecule has 1 atom stereocenters. The van der Waals surface area contributed by atoms with Crippen LogP contribution in [0.2, 0.25) is 0 Å². The van der Waals surface area contributed by atoms with Crippen LogP contribution in [0.15, 0.2) is 24.3 Å². The quantitative estimate of drug-likeness (QED) is 0.512. The molecule has 102 valence electrons. The number of carbonyl (C=O) groups is 2. The molecule has 3 N–H and O–H groups in total. The van der Waals surface area contributed by atoms with Crippen molar-refractivity contribution in [2.45, 2.75) is 13.0 Å². The Morgan fingerprint density at radius 2 is 1.95 bits per heavy atom. The Hall–Kier alpha value is -2.48. The van der Waals surface area contributed by atoms with Crippen molar-refractivity contribution in [3.63, 3.8) is 0 Å². The Kier molecular flexibility index (Phi) is 4.95. The van der Waals surface area contributed by atoms with E-state index in [9.17, 15) is 19.7 Å². The highest BCUT2D eigenvalue weighted by Crippen LogP contribution is 2.14. The summed E-state index contributed by atoms with van der Waals surface area (Å²) < 4.78 is 0. The Morgan fingerprint density at radius 1 is 1.37 bits per heavy atom. The molecule has 0 aliphatic heterocycles. The van der Waals surface area contributed by atoms with Crippen LogP contribution in [0.1, 0.15) is 6.92 Å². The van der Waals surface area contributed by atoms with Gasteiger partial charge in [-0.15, -0.1) is 0 Å². The maximum absolute atomic E-state index is 11.5. The number of rotatable bonds is 6. The second-order valence-corrected chi connectivity index (χ2v) is 3.79. The minimum Gasteiger partial charge on any atom is -0.480 e. The number of carbonyl (C=O) groups excluding carboxylic acids is 1. The first kappa shape index (κ1) is 14.6. The van der Waals surface area contributed by atoms with Gasteiger partial charge < -0.3 is 10.4 Å². The number of hydrogen-bond donors (Lipinski definition) is 3. The minimum atomic E-state index is -1.05. The van der Waals surface area contributed by atoms with Crippen molar-refractivity contribution < 1.29 is 19.6 Å². The molecule has 0 radical (unpaired) electrons. The number of benzene rings is 1. The maximum Gasteiger partial charge on any atom is 0.320 e. The predicted molar refractivity (Wildman–Crippen MR) is 66.8 cm³/mol. The zero-order valence-corrected chi connectivity index (χ0v) is 10.1. The standard InChI is InChI=1S/C11H13N3O5/c1-7(11(16)17)12-6-10(15)13-8-2-4-9(5-3-8)14(18)19/h2-5,7,12H,6H2,1H3,(H,13,15)(H,16,17)/t7-/m0/s1. The lowest BCUT2D eigenvalue weighted by molar-refractivity contribution is -0.384. The second kappa shape index (κ2) is 6.45. The van der Waals surface area contributed by atoms with Gasteiger partial charge in [0.05, 0.1) is 11.5 Å². The smallest absolute Gasteiger partial charge is 0.320 e. The summed E-state index contributed by atoms with van der Waals surface area (Å²) in [6.45, 7) is 1.26. The number of anilines is 1. The van der Waals surface area contributed by atoms with Gasteiger partial charge in [-0.05, 0) is 19.1 Å². The van der Waals surface area contributed by atoms with Crippen molar-refractivity contribution in [3.8, 4) is 0 Å². The number of nitrogens with zero attached hydrogens (tertiary/aromatic N) is 1. The van der Waals surface area contributed by atoms with E-state index in [0.29, 0.717) is 5.69 Å². The minimum absolute atomic E-state index is 0.0735. The van der Waals surface area contributed by atoms with Gasteiger partial charge in [-0.1, -0.05) is 0 Å². The molecule has 0 aromatic heterocycles. The van der Waals surface area contributed by atoms with Gasteiger partial charge in [0.25, 0.3) is 5.69 Å². The van der Waals surface area contributed by atoms with Crippen LogP contribution in [0.4, 0.5) is 11.4 Å². The molecule has 1 aromatic carbocycles. The molecule has 0 bridgehead atoms. The lowest BCUT2D eigenvalue weighted by atomic mass is 10.3. The van der Waals surface area contributed by atoms with Crippen molar-refractivity contribution in [1.82, 2.24) is 5.32 Å². The molecule has 1 amide bonds. The third kappa shape index (κ3) is 4.72. The number of nitro benzene ring substituents is 1. The average Bonchev–Trinajstić information content (AvgIpc) is 2.36. The summed E-state index contributed by atoms with van der Waals surface area (Å²) in [5.74, 6) is -1.48. The van der Waals surface area contributed by atoms with E-state index in [0.717, 1.165) is 0 Å². The fourth-order valence-corrected chi connectivity index (χ4v) is 1.20. The summed E-state index contributed by atoms with van der Waals surface area (Å²) in [5, 5.41) is 24.0. The van der Waals surface area contributed by atoms with E-state index in [-0.39, 0.29) is 12.2 Å². The molecule has 1 rings (SSSR count). The Morgan fingerprint density at radius 3 is 2.42 bits per heavy atom. The monoisotopic (exact) mass is 267 g/mol. The second-order valence-electron chi connectivity index (χ2n) is 3.79. The summed E-state index contributed by atoms with van der Waals surface area (Å²) in [5.41, 5.74) is 0.330. The summed E-state index contributed by atoms with van der Waals surface area (Å²) in [7, 11) is 0. The molecule has 0 spiro atoms. The van der Waals surface area contributed by atoms with Crippen LogP contribution >= 0.6 is 0 Å². The number of carboxylic acid groups (broad SMARTS) is 1. The molecule has 0 saturated carbocycles. The molecule has 8 heteroatoms. The molecular weight excluding hydrogens is 254 g/mol. The summed E-state index contributed by atoms with van der Waals surface area (Å²) >= 11 is 0. The lowest BCUT2D eigenvalue weighted by Crippen LogP contribution is -2.39. The molecule has 0 heterocycles. The largest absolute Gasteiger partial charge is 0.480 e. The van der Waals surface area contributed by atoms with E-state index in [1.165, 1.54) is 31.2 Å². The van der Waals surface area contributed by atoms with E-state index in [4.69, 9.17) is 5.11 Å². The first-order valence-corrected chi connectivity index (χ1v) is 5.40. The summed E-state index contributed by atoms with van der Waals surface area (Å²) in [6, 6.07) is 4.50. The maximum atomic E-state index is 11.5. The molecule has 0 saturated heterocycles. The van der Waals surface area contributed by atoms with Crippen LogP contribution in [-0.2, 0) is 9.59 Å². The zero-order valence-electron chi connectivity index (χ0n) is 10.1. The third-order valence-corrected chi connectivity index (χ3v) is 2.30. The van der Waals surface area contributed by atoms with Crippen LogP contribution in [-0.4, -0.2) is 34.5 Å².